The Morgan fingerprint density at radius 1 is 0.914 bits per heavy atom. The van der Waals surface area contributed by atoms with Crippen LogP contribution < -0.4 is 4.90 Å². The predicted octanol–water partition coefficient (Wildman–Crippen LogP) is 6.78. The van der Waals surface area contributed by atoms with Crippen molar-refractivity contribution in [2.24, 2.45) is 0 Å². The number of benzene rings is 2. The van der Waals surface area contributed by atoms with E-state index in [1.807, 2.05) is 71.8 Å². The molecule has 3 aromatic rings. The van der Waals surface area contributed by atoms with Crippen LogP contribution >= 0.6 is 11.6 Å². The molecule has 0 aliphatic carbocycles. The first-order valence-corrected chi connectivity index (χ1v) is 13.0. The fourth-order valence-electron chi connectivity index (χ4n) is 4.82. The number of amides is 2. The number of halogens is 1. The van der Waals surface area contributed by atoms with Crippen LogP contribution in [0.3, 0.4) is 0 Å². The van der Waals surface area contributed by atoms with Crippen LogP contribution in [-0.2, 0) is 9.59 Å². The molecule has 0 bridgehead atoms. The quantitative estimate of drug-likeness (QED) is 0.293. The number of para-hydroxylation sites is 2. The molecule has 0 N–H and O–H groups in total. The molecule has 5 nitrogen and oxygen atoms in total. The van der Waals surface area contributed by atoms with Gasteiger partial charge in [0, 0.05) is 24.2 Å². The minimum absolute atomic E-state index is 0.0632. The fraction of sp³-hybridized carbons (Fsp3) is 0.379. The molecular formula is C29H34ClN3O2. The lowest BCUT2D eigenvalue weighted by atomic mass is 9.97. The second-order valence-corrected chi connectivity index (χ2v) is 9.58. The van der Waals surface area contributed by atoms with Crippen molar-refractivity contribution in [3.8, 4) is 5.69 Å². The van der Waals surface area contributed by atoms with E-state index in [4.69, 9.17) is 11.6 Å². The molecule has 1 atom stereocenters. The number of rotatable bonds is 10. The molecule has 0 saturated carbocycles. The van der Waals surface area contributed by atoms with E-state index >= 15 is 0 Å². The first kappa shape index (κ1) is 25.1. The van der Waals surface area contributed by atoms with Gasteiger partial charge in [-0.2, -0.15) is 0 Å². The number of fused-ring (bicyclic) bond motifs is 3. The number of hydrogen-bond acceptors (Lipinski definition) is 2. The van der Waals surface area contributed by atoms with E-state index in [2.05, 4.69) is 18.4 Å². The molecular weight excluding hydrogens is 458 g/mol. The highest BCUT2D eigenvalue weighted by Crippen LogP contribution is 2.42. The monoisotopic (exact) mass is 491 g/mol. The predicted molar refractivity (Wildman–Crippen MR) is 142 cm³/mol. The van der Waals surface area contributed by atoms with Gasteiger partial charge in [-0.05, 0) is 54.8 Å². The zero-order chi connectivity index (χ0) is 24.8. The Bertz CT molecular complexity index is 1170. The maximum Gasteiger partial charge on any atom is 0.247 e. The van der Waals surface area contributed by atoms with Gasteiger partial charge in [-0.15, -0.1) is 0 Å². The number of anilines is 1. The lowest BCUT2D eigenvalue weighted by Crippen LogP contribution is -2.47. The summed E-state index contributed by atoms with van der Waals surface area (Å²) >= 11 is 6.37. The van der Waals surface area contributed by atoms with Crippen molar-refractivity contribution in [1.82, 2.24) is 9.47 Å². The third-order valence-corrected chi connectivity index (χ3v) is 6.84. The zero-order valence-corrected chi connectivity index (χ0v) is 21.4. The second kappa shape index (κ2) is 11.6. The third-order valence-electron chi connectivity index (χ3n) is 6.61. The molecule has 1 aliphatic rings. The first-order valence-electron chi connectivity index (χ1n) is 12.7. The molecule has 0 saturated heterocycles. The standard InChI is InChI=1S/C29H34ClN3O2/c1-3-5-7-17-27(34)31(18-6-4-2)21-28(35)33-25-15-9-8-14-24(25)32-19-11-16-26(32)29(33)22-12-10-13-23(30)20-22/h8-16,19-20,29H,3-7,17-18,21H2,1-2H3. The van der Waals surface area contributed by atoms with Crippen LogP contribution in [0.15, 0.2) is 66.9 Å². The molecule has 0 radical (unpaired) electrons. The zero-order valence-electron chi connectivity index (χ0n) is 20.6. The number of hydrogen-bond donors (Lipinski definition) is 0. The lowest BCUT2D eigenvalue weighted by molar-refractivity contribution is -0.135. The Morgan fingerprint density at radius 2 is 1.69 bits per heavy atom. The van der Waals surface area contributed by atoms with Crippen LogP contribution in [0.2, 0.25) is 5.02 Å². The van der Waals surface area contributed by atoms with Gasteiger partial charge in [0.25, 0.3) is 0 Å². The Kier molecular flexibility index (Phi) is 8.29. The molecule has 2 heterocycles. The average Bonchev–Trinajstić information content (AvgIpc) is 3.35. The molecule has 1 aliphatic heterocycles. The van der Waals surface area contributed by atoms with Gasteiger partial charge in [0.05, 0.1) is 17.1 Å². The molecule has 1 unspecified atom stereocenters. The summed E-state index contributed by atoms with van der Waals surface area (Å²) in [5.74, 6) is -0.0250. The summed E-state index contributed by atoms with van der Waals surface area (Å²) < 4.78 is 2.13. The SMILES string of the molecule is CCCCCC(=O)N(CCCC)CC(=O)N1c2ccccc2-n2cccc2C1c1cccc(Cl)c1. The summed E-state index contributed by atoms with van der Waals surface area (Å²) in [7, 11) is 0. The van der Waals surface area contributed by atoms with Crippen molar-refractivity contribution >= 4 is 29.1 Å². The van der Waals surface area contributed by atoms with Gasteiger partial charge in [0.1, 0.15) is 12.6 Å². The smallest absolute Gasteiger partial charge is 0.247 e. The maximum absolute atomic E-state index is 14.1. The van der Waals surface area contributed by atoms with Crippen molar-refractivity contribution in [2.75, 3.05) is 18.0 Å². The molecule has 184 valence electrons. The largest absolute Gasteiger partial charge is 0.333 e. The summed E-state index contributed by atoms with van der Waals surface area (Å²) in [6.45, 7) is 4.90. The molecule has 6 heteroatoms. The first-order chi connectivity index (χ1) is 17.0. The van der Waals surface area contributed by atoms with Crippen LogP contribution in [0.25, 0.3) is 5.69 Å². The highest BCUT2D eigenvalue weighted by Gasteiger charge is 2.36. The van der Waals surface area contributed by atoms with E-state index in [0.29, 0.717) is 18.0 Å². The third kappa shape index (κ3) is 5.46. The number of nitrogens with zero attached hydrogens (tertiary/aromatic N) is 3. The lowest BCUT2D eigenvalue weighted by Gasteiger charge is -2.39. The van der Waals surface area contributed by atoms with Gasteiger partial charge >= 0.3 is 0 Å². The van der Waals surface area contributed by atoms with Crippen molar-refractivity contribution in [1.29, 1.82) is 0 Å². The van der Waals surface area contributed by atoms with Gasteiger partial charge in [-0.25, -0.2) is 0 Å². The average molecular weight is 492 g/mol. The molecule has 2 aromatic carbocycles. The fourth-order valence-corrected chi connectivity index (χ4v) is 5.02. The highest BCUT2D eigenvalue weighted by molar-refractivity contribution is 6.30. The summed E-state index contributed by atoms with van der Waals surface area (Å²) in [5, 5.41) is 0.627. The van der Waals surface area contributed by atoms with Crippen LogP contribution in [0.4, 0.5) is 5.69 Å². The van der Waals surface area contributed by atoms with E-state index in [0.717, 1.165) is 54.7 Å². The molecule has 35 heavy (non-hydrogen) atoms. The highest BCUT2D eigenvalue weighted by atomic mass is 35.5. The molecule has 4 rings (SSSR count). The van der Waals surface area contributed by atoms with E-state index in [9.17, 15) is 9.59 Å². The van der Waals surface area contributed by atoms with Crippen molar-refractivity contribution < 1.29 is 9.59 Å². The van der Waals surface area contributed by atoms with Gasteiger partial charge in [0.2, 0.25) is 11.8 Å². The summed E-state index contributed by atoms with van der Waals surface area (Å²) in [4.78, 5) is 30.7. The number of unbranched alkanes of at least 4 members (excludes halogenated alkanes) is 3. The maximum atomic E-state index is 14.1. The molecule has 2 amide bonds. The van der Waals surface area contributed by atoms with Gasteiger partial charge in [-0.3, -0.25) is 14.5 Å². The summed E-state index contributed by atoms with van der Waals surface area (Å²) in [5.41, 5.74) is 3.72. The second-order valence-electron chi connectivity index (χ2n) is 9.14. The normalized spacial score (nSPS) is 14.4. The number of aromatic nitrogens is 1. The Labute approximate surface area is 213 Å². The van der Waals surface area contributed by atoms with Gasteiger partial charge in [0.15, 0.2) is 0 Å². The van der Waals surface area contributed by atoms with Crippen molar-refractivity contribution in [2.45, 2.75) is 58.4 Å². The van der Waals surface area contributed by atoms with Crippen LogP contribution in [0, 0.1) is 0 Å². The summed E-state index contributed by atoms with van der Waals surface area (Å²) in [6, 6.07) is 19.3. The van der Waals surface area contributed by atoms with E-state index in [1.165, 1.54) is 0 Å². The Morgan fingerprint density at radius 3 is 2.43 bits per heavy atom. The van der Waals surface area contributed by atoms with Crippen molar-refractivity contribution in [3.05, 3.63) is 83.1 Å². The molecule has 0 fully saturated rings. The van der Waals surface area contributed by atoms with E-state index in [-0.39, 0.29) is 24.4 Å². The van der Waals surface area contributed by atoms with E-state index < -0.39 is 0 Å². The van der Waals surface area contributed by atoms with Crippen LogP contribution in [-0.4, -0.2) is 34.4 Å². The van der Waals surface area contributed by atoms with Gasteiger partial charge < -0.3 is 9.47 Å². The Balaban J connectivity index is 1.71. The van der Waals surface area contributed by atoms with Gasteiger partial charge in [-0.1, -0.05) is 69.0 Å². The van der Waals surface area contributed by atoms with Crippen LogP contribution in [0.5, 0.6) is 0 Å². The van der Waals surface area contributed by atoms with E-state index in [1.54, 1.807) is 4.90 Å². The van der Waals surface area contributed by atoms with Crippen molar-refractivity contribution in [3.63, 3.8) is 0 Å². The van der Waals surface area contributed by atoms with Crippen LogP contribution in [0.1, 0.15) is 69.7 Å². The minimum Gasteiger partial charge on any atom is -0.333 e. The number of carbonyl (C=O) groups excluding carboxylic acids is 2. The topological polar surface area (TPSA) is 45.6 Å². The Hall–Kier alpha value is -3.05. The minimum atomic E-state index is -0.339. The molecule has 1 aromatic heterocycles. The molecule has 0 spiro atoms. The summed E-state index contributed by atoms with van der Waals surface area (Å²) in [6.07, 6.45) is 7.31. The number of carbonyl (C=O) groups is 2.